The first-order valence-electron chi connectivity index (χ1n) is 9.01. The minimum absolute atomic E-state index is 0.516. The first kappa shape index (κ1) is 20.2. The molecule has 0 nitrogen and oxygen atoms in total. The third-order valence-electron chi connectivity index (χ3n) is 3.58. The van der Waals surface area contributed by atoms with Crippen molar-refractivity contribution in [2.75, 3.05) is 0 Å². The van der Waals surface area contributed by atoms with E-state index in [2.05, 4.69) is 64.2 Å². The Morgan fingerprint density at radius 1 is 0.619 bits per heavy atom. The van der Waals surface area contributed by atoms with Gasteiger partial charge in [-0.2, -0.15) is 0 Å². The number of allylic oxidation sites excluding steroid dienone is 6. The highest BCUT2D eigenvalue weighted by Gasteiger charge is 2.08. The van der Waals surface area contributed by atoms with Crippen molar-refractivity contribution in [2.45, 2.75) is 91.9 Å². The highest BCUT2D eigenvalue weighted by atomic mass is 14.1. The summed E-state index contributed by atoms with van der Waals surface area (Å²) >= 11 is 0. The van der Waals surface area contributed by atoms with Crippen molar-refractivity contribution in [1.29, 1.82) is 0 Å². The Kier molecular flexibility index (Phi) is 13.6. The second-order valence-corrected chi connectivity index (χ2v) is 7.16. The van der Waals surface area contributed by atoms with Crippen molar-refractivity contribution >= 4 is 0 Å². The second-order valence-electron chi connectivity index (χ2n) is 7.16. The van der Waals surface area contributed by atoms with Crippen molar-refractivity contribution in [3.05, 3.63) is 36.5 Å². The fourth-order valence-electron chi connectivity index (χ4n) is 2.27. The largest absolute Gasteiger partial charge is 0.0885 e. The van der Waals surface area contributed by atoms with Crippen molar-refractivity contribution in [2.24, 2.45) is 5.41 Å². The van der Waals surface area contributed by atoms with Gasteiger partial charge in [-0.05, 0) is 43.9 Å². The topological polar surface area (TPSA) is 0 Å². The SMILES string of the molecule is CC/C=C\C/C=C\C/C=C\CCCCCCCC(C)(C)C. The van der Waals surface area contributed by atoms with Crippen molar-refractivity contribution in [1.82, 2.24) is 0 Å². The molecular formula is C21H38. The van der Waals surface area contributed by atoms with Crippen LogP contribution < -0.4 is 0 Å². The maximum Gasteiger partial charge on any atom is -0.0169 e. The molecule has 0 saturated heterocycles. The predicted molar refractivity (Wildman–Crippen MR) is 98.7 cm³/mol. The molecule has 0 spiro atoms. The van der Waals surface area contributed by atoms with E-state index in [0.717, 1.165) is 19.3 Å². The smallest absolute Gasteiger partial charge is 0.0169 e. The van der Waals surface area contributed by atoms with Crippen molar-refractivity contribution in [3.63, 3.8) is 0 Å². The van der Waals surface area contributed by atoms with Crippen LogP contribution in [0.25, 0.3) is 0 Å². The Hall–Kier alpha value is -0.780. The molecule has 0 radical (unpaired) electrons. The van der Waals surface area contributed by atoms with E-state index in [1.165, 1.54) is 44.9 Å². The van der Waals surface area contributed by atoms with Gasteiger partial charge in [0.2, 0.25) is 0 Å². The van der Waals surface area contributed by atoms with Crippen LogP contribution in [-0.4, -0.2) is 0 Å². The molecule has 0 unspecified atom stereocenters. The van der Waals surface area contributed by atoms with E-state index in [4.69, 9.17) is 0 Å². The number of rotatable bonds is 12. The number of hydrogen-bond acceptors (Lipinski definition) is 0. The lowest BCUT2D eigenvalue weighted by Crippen LogP contribution is -2.03. The number of hydrogen-bond donors (Lipinski definition) is 0. The number of unbranched alkanes of at least 4 members (excludes halogenated alkanes) is 5. The predicted octanol–water partition coefficient (Wildman–Crippen LogP) is 7.62. The van der Waals surface area contributed by atoms with Gasteiger partial charge in [-0.25, -0.2) is 0 Å². The van der Waals surface area contributed by atoms with Gasteiger partial charge in [0.05, 0.1) is 0 Å². The Morgan fingerprint density at radius 2 is 1.14 bits per heavy atom. The average Bonchev–Trinajstić information content (AvgIpc) is 2.42. The van der Waals surface area contributed by atoms with Gasteiger partial charge in [0, 0.05) is 0 Å². The summed E-state index contributed by atoms with van der Waals surface area (Å²) in [5, 5.41) is 0. The van der Waals surface area contributed by atoms with Gasteiger partial charge < -0.3 is 0 Å². The van der Waals surface area contributed by atoms with Crippen LogP contribution in [0, 0.1) is 5.41 Å². The van der Waals surface area contributed by atoms with E-state index in [-0.39, 0.29) is 0 Å². The molecule has 0 heterocycles. The van der Waals surface area contributed by atoms with Gasteiger partial charge in [-0.1, -0.05) is 89.8 Å². The highest BCUT2D eigenvalue weighted by molar-refractivity contribution is 4.96. The molecule has 0 bridgehead atoms. The molecule has 21 heavy (non-hydrogen) atoms. The molecule has 0 aliphatic heterocycles. The summed E-state index contributed by atoms with van der Waals surface area (Å²) < 4.78 is 0. The summed E-state index contributed by atoms with van der Waals surface area (Å²) in [6, 6.07) is 0. The molecule has 0 aromatic heterocycles. The standard InChI is InChI=1S/C21H38/c1-5-6-7-8-9-10-11-12-13-14-15-16-17-18-19-20-21(2,3)4/h6-7,9-10,12-13H,5,8,11,14-20H2,1-4H3/b7-6-,10-9-,13-12-. The van der Waals surface area contributed by atoms with E-state index in [1.807, 2.05) is 0 Å². The van der Waals surface area contributed by atoms with Crippen LogP contribution >= 0.6 is 0 Å². The minimum atomic E-state index is 0.516. The summed E-state index contributed by atoms with van der Waals surface area (Å²) in [6.45, 7) is 9.19. The normalized spacial score (nSPS) is 13.1. The Labute approximate surface area is 134 Å². The van der Waals surface area contributed by atoms with E-state index in [9.17, 15) is 0 Å². The summed E-state index contributed by atoms with van der Waals surface area (Å²) in [5.74, 6) is 0. The Bertz CT molecular complexity index is 286. The molecule has 0 fully saturated rings. The lowest BCUT2D eigenvalue weighted by atomic mass is 9.89. The van der Waals surface area contributed by atoms with Gasteiger partial charge >= 0.3 is 0 Å². The van der Waals surface area contributed by atoms with Crippen molar-refractivity contribution < 1.29 is 0 Å². The maximum atomic E-state index is 2.35. The second kappa shape index (κ2) is 14.2. The van der Waals surface area contributed by atoms with Gasteiger partial charge in [0.25, 0.3) is 0 Å². The summed E-state index contributed by atoms with van der Waals surface area (Å²) in [7, 11) is 0. The van der Waals surface area contributed by atoms with Gasteiger partial charge in [-0.15, -0.1) is 0 Å². The summed E-state index contributed by atoms with van der Waals surface area (Å²) in [5.41, 5.74) is 0.516. The monoisotopic (exact) mass is 290 g/mol. The summed E-state index contributed by atoms with van der Waals surface area (Å²) in [4.78, 5) is 0. The van der Waals surface area contributed by atoms with Gasteiger partial charge in [0.1, 0.15) is 0 Å². The minimum Gasteiger partial charge on any atom is -0.0885 e. The first-order chi connectivity index (χ1) is 10.1. The highest BCUT2D eigenvalue weighted by Crippen LogP contribution is 2.22. The average molecular weight is 291 g/mol. The zero-order valence-electron chi connectivity index (χ0n) is 15.0. The van der Waals surface area contributed by atoms with Crippen LogP contribution in [0.4, 0.5) is 0 Å². The Morgan fingerprint density at radius 3 is 1.76 bits per heavy atom. The molecule has 0 heteroatoms. The van der Waals surface area contributed by atoms with Gasteiger partial charge in [0.15, 0.2) is 0 Å². The van der Waals surface area contributed by atoms with Gasteiger partial charge in [-0.3, -0.25) is 0 Å². The molecule has 0 aromatic rings. The lowest BCUT2D eigenvalue weighted by Gasteiger charge is -2.17. The molecule has 0 rings (SSSR count). The van der Waals surface area contributed by atoms with Crippen molar-refractivity contribution in [3.8, 4) is 0 Å². The third-order valence-corrected chi connectivity index (χ3v) is 3.58. The first-order valence-corrected chi connectivity index (χ1v) is 9.01. The molecular weight excluding hydrogens is 252 g/mol. The molecule has 0 atom stereocenters. The van der Waals surface area contributed by atoms with E-state index >= 15 is 0 Å². The lowest BCUT2D eigenvalue weighted by molar-refractivity contribution is 0.356. The molecule has 122 valence electrons. The zero-order chi connectivity index (χ0) is 15.8. The van der Waals surface area contributed by atoms with Crippen LogP contribution in [0.5, 0.6) is 0 Å². The molecule has 0 amide bonds. The van der Waals surface area contributed by atoms with Crippen LogP contribution in [0.2, 0.25) is 0 Å². The van der Waals surface area contributed by atoms with Crippen LogP contribution in [0.1, 0.15) is 91.9 Å². The van der Waals surface area contributed by atoms with Crippen LogP contribution in [0.15, 0.2) is 36.5 Å². The van der Waals surface area contributed by atoms with E-state index in [0.29, 0.717) is 5.41 Å². The maximum absolute atomic E-state index is 2.35. The fraction of sp³-hybridized carbons (Fsp3) is 0.714. The molecule has 0 saturated carbocycles. The Balaban J connectivity index is 3.27. The van der Waals surface area contributed by atoms with Crippen LogP contribution in [0.3, 0.4) is 0 Å². The molecule has 0 aliphatic carbocycles. The third kappa shape index (κ3) is 19.2. The summed E-state index contributed by atoms with van der Waals surface area (Å²) in [6.07, 6.45) is 26.5. The van der Waals surface area contributed by atoms with Crippen LogP contribution in [-0.2, 0) is 0 Å². The fourth-order valence-corrected chi connectivity index (χ4v) is 2.27. The quantitative estimate of drug-likeness (QED) is 0.256. The van der Waals surface area contributed by atoms with E-state index < -0.39 is 0 Å². The van der Waals surface area contributed by atoms with E-state index in [1.54, 1.807) is 0 Å². The molecule has 0 aliphatic rings. The molecule has 0 aromatic carbocycles. The zero-order valence-corrected chi connectivity index (χ0v) is 15.0. The molecule has 0 N–H and O–H groups in total.